The molecule has 0 fully saturated rings. The third kappa shape index (κ3) is 5.52. The number of ether oxygens (including phenoxy) is 3. The summed E-state index contributed by atoms with van der Waals surface area (Å²) in [5.41, 5.74) is 4.66. The number of anilines is 1. The molecule has 2 aromatic carbocycles. The van der Waals surface area contributed by atoms with Crippen LogP contribution < -0.4 is 24.2 Å². The van der Waals surface area contributed by atoms with Crippen LogP contribution in [-0.4, -0.2) is 44.2 Å². The SMILES string of the molecule is COc1ccc(Cl)c(Oc2c(OCCN)ncnc2N(C(C)(C)C)S(=O)(=O)c2ccccc2)c1. The van der Waals surface area contributed by atoms with Crippen LogP contribution in [0.15, 0.2) is 59.8 Å². The Morgan fingerprint density at radius 2 is 1.79 bits per heavy atom. The molecule has 1 aromatic heterocycles. The second kappa shape index (κ2) is 10.5. The van der Waals surface area contributed by atoms with Gasteiger partial charge in [0.05, 0.1) is 17.0 Å². The highest BCUT2D eigenvalue weighted by Crippen LogP contribution is 2.44. The Morgan fingerprint density at radius 3 is 2.41 bits per heavy atom. The molecule has 0 aliphatic heterocycles. The summed E-state index contributed by atoms with van der Waals surface area (Å²) < 4.78 is 45.8. The second-order valence-electron chi connectivity index (χ2n) is 8.12. The molecule has 182 valence electrons. The van der Waals surface area contributed by atoms with Crippen molar-refractivity contribution in [3.8, 4) is 23.1 Å². The van der Waals surface area contributed by atoms with Gasteiger partial charge in [-0.3, -0.25) is 0 Å². The van der Waals surface area contributed by atoms with Crippen LogP contribution in [0.1, 0.15) is 20.8 Å². The van der Waals surface area contributed by atoms with Crippen molar-refractivity contribution in [3.63, 3.8) is 0 Å². The molecule has 0 aliphatic rings. The zero-order chi connectivity index (χ0) is 24.9. The number of hydrogen-bond acceptors (Lipinski definition) is 8. The van der Waals surface area contributed by atoms with E-state index < -0.39 is 15.6 Å². The van der Waals surface area contributed by atoms with Crippen LogP contribution in [0.4, 0.5) is 5.82 Å². The summed E-state index contributed by atoms with van der Waals surface area (Å²) >= 11 is 6.35. The monoisotopic (exact) mass is 506 g/mol. The fourth-order valence-corrected chi connectivity index (χ4v) is 5.08. The Balaban J connectivity index is 2.25. The molecular formula is C23H27ClN4O5S. The van der Waals surface area contributed by atoms with Crippen molar-refractivity contribution in [3.05, 3.63) is 59.9 Å². The van der Waals surface area contributed by atoms with Crippen molar-refractivity contribution in [1.82, 2.24) is 9.97 Å². The van der Waals surface area contributed by atoms with Crippen LogP contribution in [-0.2, 0) is 10.0 Å². The summed E-state index contributed by atoms with van der Waals surface area (Å²) in [6.45, 7) is 5.58. The van der Waals surface area contributed by atoms with E-state index >= 15 is 0 Å². The summed E-state index contributed by atoms with van der Waals surface area (Å²) in [4.78, 5) is 8.55. The Bertz CT molecular complexity index is 1230. The zero-order valence-corrected chi connectivity index (χ0v) is 20.9. The van der Waals surface area contributed by atoms with Crippen molar-refractivity contribution in [2.24, 2.45) is 5.73 Å². The van der Waals surface area contributed by atoms with Crippen LogP contribution in [0.25, 0.3) is 0 Å². The number of aromatic nitrogens is 2. The molecule has 0 amide bonds. The smallest absolute Gasteiger partial charge is 0.266 e. The van der Waals surface area contributed by atoms with Gasteiger partial charge in [-0.2, -0.15) is 4.98 Å². The van der Waals surface area contributed by atoms with Crippen molar-refractivity contribution >= 4 is 27.4 Å². The van der Waals surface area contributed by atoms with Crippen molar-refractivity contribution in [2.45, 2.75) is 31.2 Å². The Labute approximate surface area is 204 Å². The van der Waals surface area contributed by atoms with Crippen LogP contribution in [0.5, 0.6) is 23.1 Å². The van der Waals surface area contributed by atoms with E-state index in [0.29, 0.717) is 5.75 Å². The quantitative estimate of drug-likeness (QED) is 0.457. The maximum Gasteiger partial charge on any atom is 0.266 e. The first-order valence-electron chi connectivity index (χ1n) is 10.4. The van der Waals surface area contributed by atoms with Gasteiger partial charge in [0.2, 0.25) is 5.75 Å². The van der Waals surface area contributed by atoms with E-state index in [-0.39, 0.29) is 46.3 Å². The standard InChI is InChI=1S/C23H27ClN4O5S/c1-23(2,3)28(34(29,30)17-8-6-5-7-9-17)21-20(22(27-15-26-21)32-13-12-25)33-19-14-16(31-4)10-11-18(19)24/h5-11,14-15H,12-13,25H2,1-4H3. The minimum atomic E-state index is -4.06. The van der Waals surface area contributed by atoms with Gasteiger partial charge in [0, 0.05) is 18.2 Å². The maximum absolute atomic E-state index is 13.8. The van der Waals surface area contributed by atoms with Gasteiger partial charge in [-0.15, -0.1) is 0 Å². The third-order valence-electron chi connectivity index (χ3n) is 4.54. The molecule has 0 radical (unpaired) electrons. The highest BCUT2D eigenvalue weighted by Gasteiger charge is 2.38. The number of halogens is 1. The van der Waals surface area contributed by atoms with Gasteiger partial charge in [0.15, 0.2) is 5.82 Å². The normalized spacial score (nSPS) is 11.7. The van der Waals surface area contributed by atoms with E-state index in [1.54, 1.807) is 57.2 Å². The second-order valence-corrected chi connectivity index (χ2v) is 10.3. The molecule has 0 saturated heterocycles. The van der Waals surface area contributed by atoms with Crippen molar-refractivity contribution in [2.75, 3.05) is 24.6 Å². The topological polar surface area (TPSA) is 117 Å². The first-order chi connectivity index (χ1) is 16.1. The lowest BCUT2D eigenvalue weighted by Crippen LogP contribution is -2.46. The summed E-state index contributed by atoms with van der Waals surface area (Å²) in [7, 11) is -2.55. The van der Waals surface area contributed by atoms with E-state index in [1.807, 2.05) is 0 Å². The number of nitrogens with two attached hydrogens (primary N) is 1. The Hall–Kier alpha value is -3.08. The van der Waals surface area contributed by atoms with Gasteiger partial charge in [-0.05, 0) is 45.0 Å². The largest absolute Gasteiger partial charge is 0.497 e. The summed E-state index contributed by atoms with van der Waals surface area (Å²) in [6.07, 6.45) is 1.21. The third-order valence-corrected chi connectivity index (χ3v) is 6.92. The molecule has 3 aromatic rings. The van der Waals surface area contributed by atoms with E-state index in [4.69, 9.17) is 31.5 Å². The number of nitrogens with zero attached hydrogens (tertiary/aromatic N) is 3. The maximum atomic E-state index is 13.8. The molecule has 34 heavy (non-hydrogen) atoms. The number of benzene rings is 2. The van der Waals surface area contributed by atoms with Gasteiger partial charge in [-0.1, -0.05) is 29.8 Å². The summed E-state index contributed by atoms with van der Waals surface area (Å²) in [5, 5.41) is 0.272. The molecule has 0 aliphatic carbocycles. The predicted molar refractivity (Wildman–Crippen MR) is 131 cm³/mol. The fraction of sp³-hybridized carbons (Fsp3) is 0.304. The molecule has 1 heterocycles. The average Bonchev–Trinajstić information content (AvgIpc) is 2.80. The number of sulfonamides is 1. The van der Waals surface area contributed by atoms with Gasteiger partial charge in [0.1, 0.15) is 24.4 Å². The Kier molecular flexibility index (Phi) is 7.86. The molecule has 0 bridgehead atoms. The van der Waals surface area contributed by atoms with Gasteiger partial charge in [0.25, 0.3) is 15.9 Å². The minimum Gasteiger partial charge on any atom is -0.497 e. The number of hydrogen-bond donors (Lipinski definition) is 1. The molecule has 9 nitrogen and oxygen atoms in total. The van der Waals surface area contributed by atoms with E-state index in [0.717, 1.165) is 0 Å². The van der Waals surface area contributed by atoms with Crippen molar-refractivity contribution in [1.29, 1.82) is 0 Å². The van der Waals surface area contributed by atoms with Crippen LogP contribution in [0.3, 0.4) is 0 Å². The van der Waals surface area contributed by atoms with Gasteiger partial charge < -0.3 is 19.9 Å². The molecule has 2 N–H and O–H groups in total. The van der Waals surface area contributed by atoms with Crippen LogP contribution in [0, 0.1) is 0 Å². The van der Waals surface area contributed by atoms with Gasteiger partial charge in [-0.25, -0.2) is 17.7 Å². The number of methoxy groups -OCH3 is 1. The summed E-state index contributed by atoms with van der Waals surface area (Å²) in [5.74, 6) is 0.678. The molecule has 0 spiro atoms. The predicted octanol–water partition coefficient (Wildman–Crippen LogP) is 4.26. The lowest BCUT2D eigenvalue weighted by atomic mass is 10.1. The number of rotatable bonds is 9. The fourth-order valence-electron chi connectivity index (χ4n) is 3.13. The zero-order valence-electron chi connectivity index (χ0n) is 19.4. The highest BCUT2D eigenvalue weighted by molar-refractivity contribution is 7.92. The van der Waals surface area contributed by atoms with Gasteiger partial charge >= 0.3 is 0 Å². The van der Waals surface area contributed by atoms with E-state index in [2.05, 4.69) is 9.97 Å². The summed E-state index contributed by atoms with van der Waals surface area (Å²) in [6, 6.07) is 12.9. The molecule has 0 saturated carbocycles. The van der Waals surface area contributed by atoms with E-state index in [1.165, 1.54) is 29.9 Å². The highest BCUT2D eigenvalue weighted by atomic mass is 35.5. The first kappa shape index (κ1) is 25.5. The molecule has 0 unspecified atom stereocenters. The molecule has 3 rings (SSSR count). The van der Waals surface area contributed by atoms with Crippen LogP contribution >= 0.6 is 11.6 Å². The van der Waals surface area contributed by atoms with Crippen molar-refractivity contribution < 1.29 is 22.6 Å². The first-order valence-corrected chi connectivity index (χ1v) is 12.2. The molecular weight excluding hydrogens is 480 g/mol. The van der Waals surface area contributed by atoms with E-state index in [9.17, 15) is 8.42 Å². The molecule has 11 heteroatoms. The minimum absolute atomic E-state index is 0.0164. The molecule has 0 atom stereocenters. The lowest BCUT2D eigenvalue weighted by Gasteiger charge is -2.36. The average molecular weight is 507 g/mol. The lowest BCUT2D eigenvalue weighted by molar-refractivity contribution is 0.297. The van der Waals surface area contributed by atoms with Crippen LogP contribution in [0.2, 0.25) is 5.02 Å². The Morgan fingerprint density at radius 1 is 1.09 bits per heavy atom.